The van der Waals surface area contributed by atoms with Crippen molar-refractivity contribution in [1.82, 2.24) is 0 Å². The highest BCUT2D eigenvalue weighted by atomic mass is 16.6. The Bertz CT molecular complexity index is 207. The molecule has 3 nitrogen and oxygen atoms in total. The summed E-state index contributed by atoms with van der Waals surface area (Å²) in [6, 6.07) is 1.78. The molecule has 0 spiro atoms. The molecule has 0 aromatic carbocycles. The van der Waals surface area contributed by atoms with Crippen LogP contribution in [0.1, 0.15) is 46.5 Å². The molecule has 0 unspecified atom stereocenters. The number of nitriles is 1. The van der Waals surface area contributed by atoms with Crippen molar-refractivity contribution in [1.29, 1.82) is 5.26 Å². The number of ether oxygens (including phenoxy) is 1. The molecule has 0 aromatic rings. The van der Waals surface area contributed by atoms with Gasteiger partial charge in [0.1, 0.15) is 12.0 Å². The SMILES string of the molecule is CCC[C@](C)(CC)OC(=O)CC#N. The van der Waals surface area contributed by atoms with Crippen molar-refractivity contribution in [3.8, 4) is 6.07 Å². The lowest BCUT2D eigenvalue weighted by molar-refractivity contribution is -0.157. The lowest BCUT2D eigenvalue weighted by atomic mass is 9.97. The van der Waals surface area contributed by atoms with Crippen LogP contribution in [0, 0.1) is 11.3 Å². The van der Waals surface area contributed by atoms with Crippen LogP contribution in [0.2, 0.25) is 0 Å². The fraction of sp³-hybridized carbons (Fsp3) is 0.800. The summed E-state index contributed by atoms with van der Waals surface area (Å²) < 4.78 is 5.21. The summed E-state index contributed by atoms with van der Waals surface area (Å²) in [5.74, 6) is -0.416. The van der Waals surface area contributed by atoms with E-state index in [-0.39, 0.29) is 12.0 Å². The first-order valence-corrected chi connectivity index (χ1v) is 4.66. The molecule has 0 bridgehead atoms. The van der Waals surface area contributed by atoms with E-state index in [4.69, 9.17) is 10.00 Å². The van der Waals surface area contributed by atoms with Crippen molar-refractivity contribution < 1.29 is 9.53 Å². The van der Waals surface area contributed by atoms with Crippen LogP contribution < -0.4 is 0 Å². The molecule has 0 fully saturated rings. The van der Waals surface area contributed by atoms with Gasteiger partial charge in [-0.2, -0.15) is 5.26 Å². The van der Waals surface area contributed by atoms with Crippen LogP contribution in [0.5, 0.6) is 0 Å². The quantitative estimate of drug-likeness (QED) is 0.615. The fourth-order valence-electron chi connectivity index (χ4n) is 1.20. The van der Waals surface area contributed by atoms with E-state index in [0.717, 1.165) is 19.3 Å². The Morgan fingerprint density at radius 1 is 1.54 bits per heavy atom. The van der Waals surface area contributed by atoms with Crippen LogP contribution in [-0.4, -0.2) is 11.6 Å². The third-order valence-corrected chi connectivity index (χ3v) is 2.11. The van der Waals surface area contributed by atoms with Crippen molar-refractivity contribution in [2.75, 3.05) is 0 Å². The number of hydrogen-bond acceptors (Lipinski definition) is 3. The predicted octanol–water partition coefficient (Wildman–Crippen LogP) is 2.41. The smallest absolute Gasteiger partial charge is 0.320 e. The molecule has 0 aliphatic heterocycles. The first-order valence-electron chi connectivity index (χ1n) is 4.66. The first kappa shape index (κ1) is 12.0. The number of rotatable bonds is 5. The van der Waals surface area contributed by atoms with Gasteiger partial charge in [0.2, 0.25) is 0 Å². The van der Waals surface area contributed by atoms with Gasteiger partial charge in [0.15, 0.2) is 0 Å². The lowest BCUT2D eigenvalue weighted by Gasteiger charge is -2.27. The molecule has 0 amide bonds. The van der Waals surface area contributed by atoms with Crippen LogP contribution in [-0.2, 0) is 9.53 Å². The number of nitrogens with zero attached hydrogens (tertiary/aromatic N) is 1. The number of esters is 1. The van der Waals surface area contributed by atoms with Crippen molar-refractivity contribution in [2.45, 2.75) is 52.1 Å². The minimum absolute atomic E-state index is 0.153. The Labute approximate surface area is 79.7 Å². The van der Waals surface area contributed by atoms with Gasteiger partial charge >= 0.3 is 5.97 Å². The van der Waals surface area contributed by atoms with Gasteiger partial charge in [0.25, 0.3) is 0 Å². The summed E-state index contributed by atoms with van der Waals surface area (Å²) in [6.45, 7) is 5.94. The number of carbonyl (C=O) groups is 1. The van der Waals surface area contributed by atoms with Gasteiger partial charge in [-0.15, -0.1) is 0 Å². The molecule has 0 aromatic heterocycles. The summed E-state index contributed by atoms with van der Waals surface area (Å²) in [5, 5.41) is 8.29. The van der Waals surface area contributed by atoms with E-state index in [2.05, 4.69) is 0 Å². The van der Waals surface area contributed by atoms with Crippen molar-refractivity contribution >= 4 is 5.97 Å². The summed E-state index contributed by atoms with van der Waals surface area (Å²) in [7, 11) is 0. The van der Waals surface area contributed by atoms with Crippen LogP contribution in [0.3, 0.4) is 0 Å². The highest BCUT2D eigenvalue weighted by Crippen LogP contribution is 2.21. The number of hydrogen-bond donors (Lipinski definition) is 0. The third-order valence-electron chi connectivity index (χ3n) is 2.11. The minimum Gasteiger partial charge on any atom is -0.459 e. The van der Waals surface area contributed by atoms with Crippen molar-refractivity contribution in [2.24, 2.45) is 0 Å². The fourth-order valence-corrected chi connectivity index (χ4v) is 1.20. The second-order valence-corrected chi connectivity index (χ2v) is 3.36. The van der Waals surface area contributed by atoms with Gasteiger partial charge in [-0.1, -0.05) is 20.3 Å². The molecule has 0 rings (SSSR count). The molecule has 0 heterocycles. The Morgan fingerprint density at radius 2 is 2.15 bits per heavy atom. The molecule has 0 saturated heterocycles. The van der Waals surface area contributed by atoms with E-state index < -0.39 is 5.97 Å². The summed E-state index contributed by atoms with van der Waals surface area (Å²) >= 11 is 0. The predicted molar refractivity (Wildman–Crippen MR) is 49.9 cm³/mol. The van der Waals surface area contributed by atoms with Gasteiger partial charge in [0.05, 0.1) is 6.07 Å². The Hall–Kier alpha value is -1.04. The van der Waals surface area contributed by atoms with E-state index in [1.54, 1.807) is 6.07 Å². The molecule has 74 valence electrons. The van der Waals surface area contributed by atoms with Crippen LogP contribution in [0.25, 0.3) is 0 Å². The molecule has 3 heteroatoms. The highest BCUT2D eigenvalue weighted by molar-refractivity contribution is 5.72. The van der Waals surface area contributed by atoms with Gasteiger partial charge in [-0.3, -0.25) is 4.79 Å². The Kier molecular flexibility index (Phi) is 5.13. The summed E-state index contributed by atoms with van der Waals surface area (Å²) in [6.07, 6.45) is 2.46. The monoisotopic (exact) mass is 183 g/mol. The zero-order chi connectivity index (χ0) is 10.3. The zero-order valence-corrected chi connectivity index (χ0v) is 8.59. The molecule has 13 heavy (non-hydrogen) atoms. The molecular weight excluding hydrogens is 166 g/mol. The molecular formula is C10H17NO2. The lowest BCUT2D eigenvalue weighted by Crippen LogP contribution is -2.30. The maximum atomic E-state index is 11.0. The molecule has 1 atom stereocenters. The topological polar surface area (TPSA) is 50.1 Å². The second-order valence-electron chi connectivity index (χ2n) is 3.36. The first-order chi connectivity index (χ1) is 6.08. The van der Waals surface area contributed by atoms with Gasteiger partial charge in [-0.25, -0.2) is 0 Å². The number of carbonyl (C=O) groups excluding carboxylic acids is 1. The molecule has 0 radical (unpaired) electrons. The summed E-state index contributed by atoms with van der Waals surface area (Å²) in [4.78, 5) is 11.0. The maximum Gasteiger partial charge on any atom is 0.320 e. The van der Waals surface area contributed by atoms with E-state index in [1.807, 2.05) is 20.8 Å². The molecule has 0 aliphatic carbocycles. The molecule has 0 aliphatic rings. The third kappa shape index (κ3) is 4.51. The largest absolute Gasteiger partial charge is 0.459 e. The average molecular weight is 183 g/mol. The standard InChI is InChI=1S/C10H17NO2/c1-4-7-10(3,5-2)13-9(12)6-8-11/h4-7H2,1-3H3/t10-/m0/s1. The Morgan fingerprint density at radius 3 is 2.54 bits per heavy atom. The second kappa shape index (κ2) is 5.58. The summed E-state index contributed by atoms with van der Waals surface area (Å²) in [5.41, 5.74) is -0.386. The maximum absolute atomic E-state index is 11.0. The van der Waals surface area contributed by atoms with Crippen LogP contribution >= 0.6 is 0 Å². The highest BCUT2D eigenvalue weighted by Gasteiger charge is 2.25. The normalized spacial score (nSPS) is 14.3. The average Bonchev–Trinajstić information content (AvgIpc) is 2.05. The van der Waals surface area contributed by atoms with E-state index in [0.29, 0.717) is 0 Å². The zero-order valence-electron chi connectivity index (χ0n) is 8.59. The van der Waals surface area contributed by atoms with Gasteiger partial charge in [0, 0.05) is 0 Å². The van der Waals surface area contributed by atoms with Crippen molar-refractivity contribution in [3.05, 3.63) is 0 Å². The van der Waals surface area contributed by atoms with Gasteiger partial charge in [-0.05, 0) is 19.8 Å². The van der Waals surface area contributed by atoms with E-state index >= 15 is 0 Å². The molecule has 0 N–H and O–H groups in total. The van der Waals surface area contributed by atoms with E-state index in [9.17, 15) is 4.79 Å². The van der Waals surface area contributed by atoms with Gasteiger partial charge < -0.3 is 4.74 Å². The Balaban J connectivity index is 4.11. The van der Waals surface area contributed by atoms with Crippen LogP contribution in [0.15, 0.2) is 0 Å². The van der Waals surface area contributed by atoms with E-state index in [1.165, 1.54) is 0 Å². The van der Waals surface area contributed by atoms with Crippen molar-refractivity contribution in [3.63, 3.8) is 0 Å². The minimum atomic E-state index is -0.416. The van der Waals surface area contributed by atoms with Crippen LogP contribution in [0.4, 0.5) is 0 Å². The molecule has 0 saturated carbocycles.